The molecule has 3 nitrogen and oxygen atoms in total. The number of carbonyl (C=O) groups excluding carboxylic acids is 1. The Hall–Kier alpha value is -2.69. The first kappa shape index (κ1) is 21.5. The van der Waals surface area contributed by atoms with E-state index in [-0.39, 0.29) is 11.5 Å². The Kier molecular flexibility index (Phi) is 6.69. The number of fused-ring (bicyclic) bond motifs is 1. The molecular weight excluding hydrogens is 398 g/mol. The van der Waals surface area contributed by atoms with Crippen LogP contribution in [0.3, 0.4) is 0 Å². The van der Waals surface area contributed by atoms with Crippen molar-refractivity contribution in [2.45, 2.75) is 51.1 Å². The Bertz CT molecular complexity index is 892. The van der Waals surface area contributed by atoms with Gasteiger partial charge in [0.05, 0.1) is 5.56 Å². The topological polar surface area (TPSA) is 35.5 Å². The minimum atomic E-state index is -2.89. The van der Waals surface area contributed by atoms with E-state index in [4.69, 9.17) is 4.74 Å². The van der Waals surface area contributed by atoms with Gasteiger partial charge in [-0.05, 0) is 104 Å². The number of halogens is 2. The van der Waals surface area contributed by atoms with Crippen molar-refractivity contribution < 1.29 is 23.0 Å². The van der Waals surface area contributed by atoms with Crippen LogP contribution in [0.5, 0.6) is 11.5 Å². The van der Waals surface area contributed by atoms with Gasteiger partial charge < -0.3 is 9.47 Å². The Morgan fingerprint density at radius 3 is 2.23 bits per heavy atom. The van der Waals surface area contributed by atoms with E-state index in [9.17, 15) is 13.6 Å². The summed E-state index contributed by atoms with van der Waals surface area (Å²) in [5, 5.41) is 0. The van der Waals surface area contributed by atoms with Gasteiger partial charge in [0.1, 0.15) is 11.5 Å². The zero-order valence-corrected chi connectivity index (χ0v) is 17.5. The van der Waals surface area contributed by atoms with Crippen molar-refractivity contribution in [3.63, 3.8) is 0 Å². The van der Waals surface area contributed by atoms with Crippen LogP contribution in [0.4, 0.5) is 8.78 Å². The third kappa shape index (κ3) is 5.33. The predicted octanol–water partition coefficient (Wildman–Crippen LogP) is 6.99. The fraction of sp³-hybridized carbons (Fsp3) is 0.423. The molecule has 2 aromatic carbocycles. The molecule has 0 radical (unpaired) electrons. The molecule has 4 atom stereocenters. The van der Waals surface area contributed by atoms with Crippen LogP contribution in [0.25, 0.3) is 0 Å². The van der Waals surface area contributed by atoms with Gasteiger partial charge in [-0.25, -0.2) is 4.79 Å². The first-order chi connectivity index (χ1) is 15.0. The van der Waals surface area contributed by atoms with Gasteiger partial charge in [-0.1, -0.05) is 18.2 Å². The van der Waals surface area contributed by atoms with Gasteiger partial charge in [-0.15, -0.1) is 6.58 Å². The third-order valence-corrected chi connectivity index (χ3v) is 6.86. The molecule has 0 aromatic heterocycles. The molecule has 2 aromatic rings. The van der Waals surface area contributed by atoms with Crippen molar-refractivity contribution in [2.24, 2.45) is 17.8 Å². The molecule has 2 saturated carbocycles. The number of allylic oxidation sites excluding steroid dienone is 1. The number of hydrogen-bond donors (Lipinski definition) is 0. The molecule has 31 heavy (non-hydrogen) atoms. The number of carbonyl (C=O) groups is 1. The highest BCUT2D eigenvalue weighted by molar-refractivity contribution is 5.91. The third-order valence-electron chi connectivity index (χ3n) is 6.86. The second-order valence-electron chi connectivity index (χ2n) is 8.70. The molecule has 0 aliphatic heterocycles. The first-order valence-electron chi connectivity index (χ1n) is 11.0. The zero-order valence-electron chi connectivity index (χ0n) is 17.5. The van der Waals surface area contributed by atoms with Crippen LogP contribution in [0.2, 0.25) is 0 Å². The second-order valence-corrected chi connectivity index (χ2v) is 8.70. The van der Waals surface area contributed by atoms with Crippen LogP contribution in [0.1, 0.15) is 60.4 Å². The molecule has 0 N–H and O–H groups in total. The summed E-state index contributed by atoms with van der Waals surface area (Å²) in [5.74, 6) is 2.71. The summed E-state index contributed by atoms with van der Waals surface area (Å²) >= 11 is 0. The quantitative estimate of drug-likeness (QED) is 0.284. The van der Waals surface area contributed by atoms with E-state index in [2.05, 4.69) is 17.4 Å². The van der Waals surface area contributed by atoms with E-state index in [1.165, 1.54) is 68.4 Å². The Morgan fingerprint density at radius 1 is 0.903 bits per heavy atom. The highest BCUT2D eigenvalue weighted by Gasteiger charge is 2.35. The largest absolute Gasteiger partial charge is 0.435 e. The Balaban J connectivity index is 1.34. The average Bonchev–Trinajstić information content (AvgIpc) is 2.79. The molecule has 0 saturated heterocycles. The minimum Gasteiger partial charge on any atom is -0.435 e. The van der Waals surface area contributed by atoms with Gasteiger partial charge in [0.15, 0.2) is 0 Å². The van der Waals surface area contributed by atoms with Crippen LogP contribution in [-0.2, 0) is 0 Å². The predicted molar refractivity (Wildman–Crippen MR) is 116 cm³/mol. The molecule has 2 aliphatic rings. The second kappa shape index (κ2) is 9.63. The summed E-state index contributed by atoms with van der Waals surface area (Å²) in [5.41, 5.74) is 1.76. The van der Waals surface area contributed by atoms with Crippen LogP contribution in [-0.4, -0.2) is 12.6 Å². The molecule has 4 unspecified atom stereocenters. The number of esters is 1. The summed E-state index contributed by atoms with van der Waals surface area (Å²) in [6.45, 7) is 1.09. The lowest BCUT2D eigenvalue weighted by Gasteiger charge is -2.41. The molecule has 4 rings (SSSR count). The highest BCUT2D eigenvalue weighted by atomic mass is 19.3. The summed E-state index contributed by atoms with van der Waals surface area (Å²) in [6.07, 6.45) is 9.68. The Morgan fingerprint density at radius 2 is 1.55 bits per heavy atom. The summed E-state index contributed by atoms with van der Waals surface area (Å²) in [7, 11) is 0. The van der Waals surface area contributed by atoms with Crippen molar-refractivity contribution in [2.75, 3.05) is 0 Å². The van der Waals surface area contributed by atoms with E-state index in [0.29, 0.717) is 17.4 Å². The number of benzene rings is 2. The summed E-state index contributed by atoms with van der Waals surface area (Å²) in [6, 6.07) is 13.3. The van der Waals surface area contributed by atoms with Gasteiger partial charge in [0.2, 0.25) is 0 Å². The van der Waals surface area contributed by atoms with Crippen molar-refractivity contribution in [1.29, 1.82) is 0 Å². The van der Waals surface area contributed by atoms with Crippen molar-refractivity contribution in [3.8, 4) is 11.5 Å². The zero-order chi connectivity index (χ0) is 21.8. The van der Waals surface area contributed by atoms with Gasteiger partial charge >= 0.3 is 12.6 Å². The number of hydrogen-bond acceptors (Lipinski definition) is 3. The number of rotatable bonds is 6. The lowest BCUT2D eigenvalue weighted by atomic mass is 9.64. The van der Waals surface area contributed by atoms with Gasteiger partial charge in [-0.3, -0.25) is 0 Å². The van der Waals surface area contributed by atoms with Crippen molar-refractivity contribution in [1.82, 2.24) is 0 Å². The van der Waals surface area contributed by atoms with Crippen LogP contribution in [0.15, 0.2) is 61.2 Å². The molecule has 0 heterocycles. The molecule has 2 fully saturated rings. The van der Waals surface area contributed by atoms with Crippen LogP contribution >= 0.6 is 0 Å². The van der Waals surface area contributed by atoms with Gasteiger partial charge in [0.25, 0.3) is 0 Å². The fourth-order valence-electron chi connectivity index (χ4n) is 5.19. The lowest BCUT2D eigenvalue weighted by molar-refractivity contribution is -0.0498. The standard InChI is InChI=1S/C26H28F2O3/c1-2-17-3-4-22-16-21(10-9-20(22)15-17)18-5-7-19(8-6-18)25(29)30-23-11-13-24(14-12-23)31-26(27)28/h2,5-8,11-14,17,20-22,26H,1,3-4,9-10,15-16H2. The maximum absolute atomic E-state index is 12.4. The summed E-state index contributed by atoms with van der Waals surface area (Å²) < 4.78 is 34.1. The van der Waals surface area contributed by atoms with E-state index in [1.807, 2.05) is 24.3 Å². The van der Waals surface area contributed by atoms with Gasteiger partial charge in [-0.2, -0.15) is 8.78 Å². The minimum absolute atomic E-state index is 0.0202. The fourth-order valence-corrected chi connectivity index (χ4v) is 5.19. The van der Waals surface area contributed by atoms with Crippen LogP contribution in [0, 0.1) is 17.8 Å². The molecule has 164 valence electrons. The molecule has 5 heteroatoms. The monoisotopic (exact) mass is 426 g/mol. The number of alkyl halides is 2. The van der Waals surface area contributed by atoms with E-state index in [1.54, 1.807) is 0 Å². The molecule has 0 bridgehead atoms. The Labute approximate surface area is 182 Å². The van der Waals surface area contributed by atoms with Gasteiger partial charge in [0, 0.05) is 0 Å². The molecule has 2 aliphatic carbocycles. The van der Waals surface area contributed by atoms with Crippen LogP contribution < -0.4 is 9.47 Å². The maximum atomic E-state index is 12.4. The first-order valence-corrected chi connectivity index (χ1v) is 11.0. The highest BCUT2D eigenvalue weighted by Crippen LogP contribution is 2.47. The SMILES string of the molecule is C=CC1CCC2CC(c3ccc(C(=O)Oc4ccc(OC(F)F)cc4)cc3)CCC2C1. The summed E-state index contributed by atoms with van der Waals surface area (Å²) in [4.78, 5) is 12.4. The molecular formula is C26H28F2O3. The number of ether oxygens (including phenoxy) is 2. The van der Waals surface area contributed by atoms with E-state index in [0.717, 1.165) is 11.8 Å². The van der Waals surface area contributed by atoms with E-state index >= 15 is 0 Å². The van der Waals surface area contributed by atoms with Crippen molar-refractivity contribution >= 4 is 5.97 Å². The molecule has 0 amide bonds. The van der Waals surface area contributed by atoms with E-state index < -0.39 is 12.6 Å². The lowest BCUT2D eigenvalue weighted by Crippen LogP contribution is -2.29. The normalized spacial score (nSPS) is 25.5. The molecule has 0 spiro atoms. The maximum Gasteiger partial charge on any atom is 0.387 e. The average molecular weight is 427 g/mol. The smallest absolute Gasteiger partial charge is 0.387 e. The van der Waals surface area contributed by atoms with Crippen molar-refractivity contribution in [3.05, 3.63) is 72.3 Å².